The highest BCUT2D eigenvalue weighted by Crippen LogP contribution is 2.39. The Balaban J connectivity index is 1.69. The highest BCUT2D eigenvalue weighted by molar-refractivity contribution is 6.32. The molecule has 0 bridgehead atoms. The lowest BCUT2D eigenvalue weighted by Gasteiger charge is -2.22. The molecule has 30 heavy (non-hydrogen) atoms. The van der Waals surface area contributed by atoms with Gasteiger partial charge in [-0.3, -0.25) is 9.59 Å². The monoisotopic (exact) mass is 462 g/mol. The largest absolute Gasteiger partial charge is 0.486 e. The van der Waals surface area contributed by atoms with Crippen molar-refractivity contribution in [2.45, 2.75) is 6.18 Å². The van der Waals surface area contributed by atoms with Gasteiger partial charge in [0.05, 0.1) is 22.2 Å². The van der Waals surface area contributed by atoms with Crippen molar-refractivity contribution in [3.63, 3.8) is 0 Å². The molecule has 0 aromatic heterocycles. The van der Waals surface area contributed by atoms with Gasteiger partial charge < -0.3 is 19.7 Å². The SMILES string of the molecule is CN(CC(=O)Nc1ccc(Cl)c(C(F)(F)F)c1)C(=O)c1cc(Cl)c2c(c1)OCCO2. The van der Waals surface area contributed by atoms with Crippen molar-refractivity contribution < 1.29 is 32.2 Å². The van der Waals surface area contributed by atoms with Crippen LogP contribution >= 0.6 is 23.2 Å². The molecule has 0 saturated carbocycles. The van der Waals surface area contributed by atoms with Crippen molar-refractivity contribution in [3.05, 3.63) is 51.5 Å². The Kier molecular flexibility index (Phi) is 6.33. The van der Waals surface area contributed by atoms with Crippen molar-refractivity contribution >= 4 is 40.7 Å². The molecule has 1 aliphatic heterocycles. The molecule has 0 radical (unpaired) electrons. The van der Waals surface area contributed by atoms with Crippen LogP contribution < -0.4 is 14.8 Å². The lowest BCUT2D eigenvalue weighted by Crippen LogP contribution is -2.35. The molecule has 11 heteroatoms. The number of anilines is 1. The van der Waals surface area contributed by atoms with E-state index in [0.717, 1.165) is 17.0 Å². The van der Waals surface area contributed by atoms with Crippen LogP contribution in [0.15, 0.2) is 30.3 Å². The first-order chi connectivity index (χ1) is 14.1. The Hall–Kier alpha value is -2.65. The summed E-state index contributed by atoms with van der Waals surface area (Å²) in [6.07, 6.45) is -4.66. The predicted octanol–water partition coefficient (Wildman–Crippen LogP) is 4.49. The number of fused-ring (bicyclic) bond motifs is 1. The number of carbonyl (C=O) groups is 2. The minimum absolute atomic E-state index is 0.0973. The van der Waals surface area contributed by atoms with E-state index < -0.39 is 35.1 Å². The van der Waals surface area contributed by atoms with E-state index in [0.29, 0.717) is 24.7 Å². The van der Waals surface area contributed by atoms with Crippen molar-refractivity contribution in [3.8, 4) is 11.5 Å². The molecule has 0 atom stereocenters. The summed E-state index contributed by atoms with van der Waals surface area (Å²) < 4.78 is 49.6. The summed E-state index contributed by atoms with van der Waals surface area (Å²) in [7, 11) is 1.37. The molecule has 0 saturated heterocycles. The molecular weight excluding hydrogens is 448 g/mol. The smallest absolute Gasteiger partial charge is 0.417 e. The maximum atomic E-state index is 12.9. The van der Waals surface area contributed by atoms with E-state index >= 15 is 0 Å². The van der Waals surface area contributed by atoms with E-state index in [1.165, 1.54) is 25.2 Å². The lowest BCUT2D eigenvalue weighted by atomic mass is 10.1. The van der Waals surface area contributed by atoms with E-state index in [1.54, 1.807) is 0 Å². The molecule has 1 N–H and O–H groups in total. The van der Waals surface area contributed by atoms with Crippen LogP contribution in [0.2, 0.25) is 10.0 Å². The summed E-state index contributed by atoms with van der Waals surface area (Å²) in [5.74, 6) is -0.570. The fraction of sp³-hybridized carbons (Fsp3) is 0.263. The molecular formula is C19H15Cl2F3N2O4. The zero-order valence-corrected chi connectivity index (χ0v) is 17.0. The average Bonchev–Trinajstić information content (AvgIpc) is 2.67. The zero-order valence-electron chi connectivity index (χ0n) is 15.5. The number of halogens is 5. The first-order valence-corrected chi connectivity index (χ1v) is 9.33. The Bertz CT molecular complexity index is 998. The minimum atomic E-state index is -4.66. The van der Waals surface area contributed by atoms with Crippen LogP contribution in [-0.4, -0.2) is 43.5 Å². The van der Waals surface area contributed by atoms with E-state index in [2.05, 4.69) is 5.32 Å². The van der Waals surface area contributed by atoms with Gasteiger partial charge in [0.1, 0.15) is 13.2 Å². The van der Waals surface area contributed by atoms with Crippen LogP contribution in [0.5, 0.6) is 11.5 Å². The fourth-order valence-corrected chi connectivity index (χ4v) is 3.25. The number of hydrogen-bond donors (Lipinski definition) is 1. The maximum absolute atomic E-state index is 12.9. The van der Waals surface area contributed by atoms with Crippen molar-refractivity contribution in [1.29, 1.82) is 0 Å². The van der Waals surface area contributed by atoms with Crippen LogP contribution in [0.25, 0.3) is 0 Å². The van der Waals surface area contributed by atoms with Crippen molar-refractivity contribution in [2.75, 3.05) is 32.1 Å². The van der Waals surface area contributed by atoms with Gasteiger partial charge in [-0.15, -0.1) is 0 Å². The predicted molar refractivity (Wildman–Crippen MR) is 104 cm³/mol. The Morgan fingerprint density at radius 3 is 2.50 bits per heavy atom. The standard InChI is InChI=1S/C19H15Cl2F3N2O4/c1-26(18(28)10-6-14(21)17-15(7-10)29-4-5-30-17)9-16(27)25-11-2-3-13(20)12(8-11)19(22,23)24/h2-3,6-8H,4-5,9H2,1H3,(H,25,27). The zero-order chi connectivity index (χ0) is 22.1. The molecule has 3 rings (SSSR count). The number of likely N-dealkylation sites (N-methyl/N-ethyl adjacent to an activating group) is 1. The lowest BCUT2D eigenvalue weighted by molar-refractivity contribution is -0.137. The van der Waals surface area contributed by atoms with Gasteiger partial charge in [0.25, 0.3) is 5.91 Å². The summed E-state index contributed by atoms with van der Waals surface area (Å²) in [6.45, 7) is 0.232. The first-order valence-electron chi connectivity index (χ1n) is 8.57. The average molecular weight is 463 g/mol. The van der Waals surface area contributed by atoms with E-state index in [-0.39, 0.29) is 16.3 Å². The Labute approximate surface area is 179 Å². The summed E-state index contributed by atoms with van der Waals surface area (Å²) in [5.41, 5.74) is -0.998. The minimum Gasteiger partial charge on any atom is -0.486 e. The van der Waals surface area contributed by atoms with Crippen LogP contribution in [-0.2, 0) is 11.0 Å². The van der Waals surface area contributed by atoms with Gasteiger partial charge in [-0.2, -0.15) is 13.2 Å². The van der Waals surface area contributed by atoms with Gasteiger partial charge in [-0.05, 0) is 30.3 Å². The molecule has 0 unspecified atom stereocenters. The van der Waals surface area contributed by atoms with E-state index in [4.69, 9.17) is 32.7 Å². The molecule has 0 fully saturated rings. The summed E-state index contributed by atoms with van der Waals surface area (Å²) in [4.78, 5) is 25.9. The number of nitrogens with one attached hydrogen (secondary N) is 1. The van der Waals surface area contributed by atoms with E-state index in [1.807, 2.05) is 0 Å². The van der Waals surface area contributed by atoms with Gasteiger partial charge in [0.2, 0.25) is 5.91 Å². The van der Waals surface area contributed by atoms with Gasteiger partial charge in [-0.25, -0.2) is 0 Å². The Morgan fingerprint density at radius 2 is 1.80 bits per heavy atom. The van der Waals surface area contributed by atoms with E-state index in [9.17, 15) is 22.8 Å². The summed E-state index contributed by atoms with van der Waals surface area (Å²) >= 11 is 11.7. The summed E-state index contributed by atoms with van der Waals surface area (Å²) in [6, 6.07) is 5.83. The maximum Gasteiger partial charge on any atom is 0.417 e. The molecule has 0 spiro atoms. The molecule has 2 aromatic rings. The third-order valence-corrected chi connectivity index (χ3v) is 4.74. The molecule has 160 valence electrons. The molecule has 2 amide bonds. The molecule has 1 aliphatic rings. The highest BCUT2D eigenvalue weighted by Gasteiger charge is 2.33. The quantitative estimate of drug-likeness (QED) is 0.726. The number of hydrogen-bond acceptors (Lipinski definition) is 4. The van der Waals surface area contributed by atoms with Crippen LogP contribution in [0, 0.1) is 0 Å². The van der Waals surface area contributed by atoms with Crippen LogP contribution in [0.3, 0.4) is 0 Å². The number of benzene rings is 2. The topological polar surface area (TPSA) is 67.9 Å². The van der Waals surface area contributed by atoms with Crippen molar-refractivity contribution in [2.24, 2.45) is 0 Å². The third kappa shape index (κ3) is 4.91. The third-order valence-electron chi connectivity index (χ3n) is 4.13. The fourth-order valence-electron chi connectivity index (χ4n) is 2.76. The normalized spacial score (nSPS) is 13.0. The second-order valence-electron chi connectivity index (χ2n) is 6.38. The number of nitrogens with zero attached hydrogens (tertiary/aromatic N) is 1. The number of carbonyl (C=O) groups excluding carboxylic acids is 2. The van der Waals surface area contributed by atoms with Gasteiger partial charge in [0, 0.05) is 18.3 Å². The van der Waals surface area contributed by atoms with Gasteiger partial charge in [0.15, 0.2) is 11.5 Å². The summed E-state index contributed by atoms with van der Waals surface area (Å²) in [5, 5.41) is 2.02. The Morgan fingerprint density at radius 1 is 1.10 bits per heavy atom. The van der Waals surface area contributed by atoms with Crippen LogP contribution in [0.4, 0.5) is 18.9 Å². The first kappa shape index (κ1) is 22.0. The number of alkyl halides is 3. The number of amides is 2. The van der Waals surface area contributed by atoms with Crippen molar-refractivity contribution in [1.82, 2.24) is 4.90 Å². The van der Waals surface area contributed by atoms with Crippen LogP contribution in [0.1, 0.15) is 15.9 Å². The molecule has 2 aromatic carbocycles. The van der Waals surface area contributed by atoms with Gasteiger partial charge >= 0.3 is 6.18 Å². The molecule has 0 aliphatic carbocycles. The number of rotatable bonds is 4. The van der Waals surface area contributed by atoms with Gasteiger partial charge in [-0.1, -0.05) is 23.2 Å². The second kappa shape index (κ2) is 8.61. The molecule has 1 heterocycles. The number of ether oxygens (including phenoxy) is 2. The second-order valence-corrected chi connectivity index (χ2v) is 7.20. The molecule has 6 nitrogen and oxygen atoms in total. The highest BCUT2D eigenvalue weighted by atomic mass is 35.5.